The molecule has 0 bridgehead atoms. The molecule has 1 amide bonds. The van der Waals surface area contributed by atoms with E-state index in [0.29, 0.717) is 5.92 Å². The molecule has 1 aliphatic carbocycles. The molecule has 0 saturated carbocycles. The number of hydrogen-bond acceptors (Lipinski definition) is 4. The van der Waals surface area contributed by atoms with E-state index in [1.165, 1.54) is 40.8 Å². The summed E-state index contributed by atoms with van der Waals surface area (Å²) in [7, 11) is 1.72. The van der Waals surface area contributed by atoms with Gasteiger partial charge in [0, 0.05) is 16.8 Å². The normalized spacial score (nSPS) is 14.0. The lowest BCUT2D eigenvalue weighted by Gasteiger charge is -2.14. The lowest BCUT2D eigenvalue weighted by atomic mass is 9.96. The number of nitrogens with one attached hydrogen (secondary N) is 1. The van der Waals surface area contributed by atoms with Crippen LogP contribution >= 0.6 is 11.3 Å². The van der Waals surface area contributed by atoms with E-state index in [4.69, 9.17) is 9.73 Å². The number of thiophene rings is 1. The Bertz CT molecular complexity index is 1290. The number of carbonyl (C=O) groups is 1. The summed E-state index contributed by atoms with van der Waals surface area (Å²) in [4.78, 5) is 19.9. The number of amides is 1. The molecular weight excluding hydrogens is 464 g/mol. The Morgan fingerprint density at radius 1 is 1.00 bits per heavy atom. The molecule has 5 heteroatoms. The van der Waals surface area contributed by atoms with Gasteiger partial charge in [0.05, 0.1) is 12.7 Å². The topological polar surface area (TPSA) is 50.7 Å². The fraction of sp³-hybridized carbons (Fsp3) is 0.419. The molecule has 1 N–H and O–H groups in total. The van der Waals surface area contributed by atoms with Gasteiger partial charge in [0.1, 0.15) is 10.8 Å². The lowest BCUT2D eigenvalue weighted by Crippen LogP contribution is -2.14. The average molecular weight is 503 g/mol. The SMILES string of the molecule is COc1cc(C)c(C=Nc2sc3c(c2C(=O)Nc2ccc(C)c(C)c2)CCCCCC3)cc1C(C)C. The summed E-state index contributed by atoms with van der Waals surface area (Å²) in [6, 6.07) is 10.3. The predicted molar refractivity (Wildman–Crippen MR) is 153 cm³/mol. The molecule has 0 atom stereocenters. The number of anilines is 1. The zero-order valence-electron chi connectivity index (χ0n) is 22.5. The molecule has 0 radical (unpaired) electrons. The van der Waals surface area contributed by atoms with Crippen molar-refractivity contribution < 1.29 is 9.53 Å². The summed E-state index contributed by atoms with van der Waals surface area (Å²) in [6.45, 7) is 10.6. The van der Waals surface area contributed by atoms with E-state index in [9.17, 15) is 4.79 Å². The molecule has 36 heavy (non-hydrogen) atoms. The minimum Gasteiger partial charge on any atom is -0.496 e. The van der Waals surface area contributed by atoms with Crippen LogP contribution in [0.4, 0.5) is 10.7 Å². The van der Waals surface area contributed by atoms with Crippen LogP contribution in [0.3, 0.4) is 0 Å². The first-order chi connectivity index (χ1) is 17.3. The van der Waals surface area contributed by atoms with Crippen LogP contribution in [0, 0.1) is 20.8 Å². The zero-order valence-corrected chi connectivity index (χ0v) is 23.3. The van der Waals surface area contributed by atoms with E-state index < -0.39 is 0 Å². The Kier molecular flexibility index (Phi) is 8.30. The zero-order chi connectivity index (χ0) is 25.8. The molecule has 4 rings (SSSR count). The molecule has 190 valence electrons. The van der Waals surface area contributed by atoms with E-state index >= 15 is 0 Å². The number of carbonyl (C=O) groups excluding carboxylic acids is 1. The van der Waals surface area contributed by atoms with Crippen molar-refractivity contribution >= 4 is 34.1 Å². The molecule has 4 nitrogen and oxygen atoms in total. The van der Waals surface area contributed by atoms with E-state index in [1.807, 2.05) is 18.3 Å². The number of nitrogens with zero attached hydrogens (tertiary/aromatic N) is 1. The largest absolute Gasteiger partial charge is 0.496 e. The second-order valence-corrected chi connectivity index (χ2v) is 11.3. The quantitative estimate of drug-likeness (QED) is 0.344. The van der Waals surface area contributed by atoms with Crippen molar-refractivity contribution in [2.75, 3.05) is 12.4 Å². The maximum absolute atomic E-state index is 13.7. The van der Waals surface area contributed by atoms with Gasteiger partial charge in [0.25, 0.3) is 5.91 Å². The number of benzene rings is 2. The van der Waals surface area contributed by atoms with Crippen molar-refractivity contribution in [2.24, 2.45) is 4.99 Å². The average Bonchev–Trinajstić information content (AvgIpc) is 3.16. The van der Waals surface area contributed by atoms with Gasteiger partial charge in [-0.1, -0.05) is 32.8 Å². The van der Waals surface area contributed by atoms with Gasteiger partial charge in [-0.15, -0.1) is 11.3 Å². The molecule has 1 heterocycles. The number of aliphatic imine (C=N–C) groups is 1. The highest BCUT2D eigenvalue weighted by atomic mass is 32.1. The van der Waals surface area contributed by atoms with Gasteiger partial charge in [0.15, 0.2) is 0 Å². The summed E-state index contributed by atoms with van der Waals surface area (Å²) in [5.41, 5.74) is 8.49. The van der Waals surface area contributed by atoms with Crippen LogP contribution in [0.1, 0.15) is 94.1 Å². The van der Waals surface area contributed by atoms with E-state index in [0.717, 1.165) is 58.0 Å². The van der Waals surface area contributed by atoms with Crippen LogP contribution in [-0.4, -0.2) is 19.2 Å². The van der Waals surface area contributed by atoms with E-state index in [1.54, 1.807) is 18.4 Å². The molecule has 0 aliphatic heterocycles. The molecule has 0 unspecified atom stereocenters. The van der Waals surface area contributed by atoms with E-state index in [2.05, 4.69) is 58.1 Å². The van der Waals surface area contributed by atoms with Gasteiger partial charge in [-0.3, -0.25) is 4.79 Å². The van der Waals surface area contributed by atoms with Crippen LogP contribution in [0.5, 0.6) is 5.75 Å². The Labute approximate surface area is 219 Å². The van der Waals surface area contributed by atoms with Gasteiger partial charge in [-0.2, -0.15) is 0 Å². The summed E-state index contributed by atoms with van der Waals surface area (Å²) in [6.07, 6.45) is 8.65. The summed E-state index contributed by atoms with van der Waals surface area (Å²) < 4.78 is 5.61. The smallest absolute Gasteiger partial charge is 0.259 e. The maximum atomic E-state index is 13.7. The highest BCUT2D eigenvalue weighted by molar-refractivity contribution is 7.16. The number of rotatable bonds is 6. The number of aryl methyl sites for hydroxylation is 4. The second kappa shape index (κ2) is 11.4. The van der Waals surface area contributed by atoms with Crippen molar-refractivity contribution in [1.29, 1.82) is 0 Å². The molecule has 1 aromatic heterocycles. The fourth-order valence-corrected chi connectivity index (χ4v) is 6.08. The molecular formula is C31H38N2O2S. The Morgan fingerprint density at radius 2 is 1.75 bits per heavy atom. The minimum atomic E-state index is -0.0576. The third kappa shape index (κ3) is 5.73. The number of fused-ring (bicyclic) bond motifs is 1. The molecule has 3 aromatic rings. The Morgan fingerprint density at radius 3 is 2.44 bits per heavy atom. The molecule has 2 aromatic carbocycles. The van der Waals surface area contributed by atoms with Crippen molar-refractivity contribution in [2.45, 2.75) is 79.1 Å². The van der Waals surface area contributed by atoms with Gasteiger partial charge in [-0.05, 0) is 110 Å². The van der Waals surface area contributed by atoms with Gasteiger partial charge in [-0.25, -0.2) is 4.99 Å². The lowest BCUT2D eigenvalue weighted by molar-refractivity contribution is 0.102. The number of hydrogen-bond donors (Lipinski definition) is 1. The van der Waals surface area contributed by atoms with Crippen LogP contribution in [0.2, 0.25) is 0 Å². The van der Waals surface area contributed by atoms with Gasteiger partial charge < -0.3 is 10.1 Å². The van der Waals surface area contributed by atoms with Crippen molar-refractivity contribution in [3.8, 4) is 5.75 Å². The van der Waals surface area contributed by atoms with Crippen molar-refractivity contribution in [3.05, 3.63) is 74.2 Å². The van der Waals surface area contributed by atoms with Crippen molar-refractivity contribution in [3.63, 3.8) is 0 Å². The molecule has 0 fully saturated rings. The van der Waals surface area contributed by atoms with Crippen LogP contribution < -0.4 is 10.1 Å². The van der Waals surface area contributed by atoms with Gasteiger partial charge >= 0.3 is 0 Å². The van der Waals surface area contributed by atoms with Crippen LogP contribution in [0.15, 0.2) is 35.3 Å². The van der Waals surface area contributed by atoms with Crippen molar-refractivity contribution in [1.82, 2.24) is 0 Å². The third-order valence-corrected chi connectivity index (χ3v) is 8.41. The fourth-order valence-electron chi connectivity index (χ4n) is 4.85. The summed E-state index contributed by atoms with van der Waals surface area (Å²) in [5, 5.41) is 3.97. The maximum Gasteiger partial charge on any atom is 0.259 e. The monoisotopic (exact) mass is 502 g/mol. The minimum absolute atomic E-state index is 0.0576. The highest BCUT2D eigenvalue weighted by Gasteiger charge is 2.24. The highest BCUT2D eigenvalue weighted by Crippen LogP contribution is 2.39. The first kappa shape index (κ1) is 26.2. The van der Waals surface area contributed by atoms with Crippen LogP contribution in [0.25, 0.3) is 0 Å². The standard InChI is InChI=1S/C31H38N2O2S/c1-19(2)26-17-23(22(5)16-27(26)35-6)18-32-31-29(25-11-9-7-8-10-12-28(25)36-31)30(34)33-24-14-13-20(3)21(4)15-24/h13-19H,7-12H2,1-6H3,(H,33,34). The molecule has 0 spiro atoms. The van der Waals surface area contributed by atoms with Gasteiger partial charge in [0.2, 0.25) is 0 Å². The predicted octanol–water partition coefficient (Wildman–Crippen LogP) is 8.47. The third-order valence-electron chi connectivity index (χ3n) is 7.21. The number of methoxy groups -OCH3 is 1. The first-order valence-corrected chi connectivity index (χ1v) is 13.9. The first-order valence-electron chi connectivity index (χ1n) is 13.0. The second-order valence-electron chi connectivity index (χ2n) is 10.2. The summed E-state index contributed by atoms with van der Waals surface area (Å²) >= 11 is 1.69. The van der Waals surface area contributed by atoms with Crippen LogP contribution in [-0.2, 0) is 12.8 Å². The number of ether oxygens (including phenoxy) is 1. The Hall–Kier alpha value is -2.92. The van der Waals surface area contributed by atoms with E-state index in [-0.39, 0.29) is 5.91 Å². The molecule has 1 aliphatic rings. The summed E-state index contributed by atoms with van der Waals surface area (Å²) in [5.74, 6) is 1.19. The molecule has 0 saturated heterocycles. The Balaban J connectivity index is 1.74.